The molecule has 0 aromatic carbocycles. The molecule has 0 saturated heterocycles. The van der Waals surface area contributed by atoms with Gasteiger partial charge >= 0.3 is 0 Å². The van der Waals surface area contributed by atoms with Gasteiger partial charge in [0, 0.05) is 55.6 Å². The van der Waals surface area contributed by atoms with Crippen LogP contribution in [0.2, 0.25) is 0 Å². The van der Waals surface area contributed by atoms with Crippen LogP contribution in [0.25, 0.3) is 0 Å². The Kier molecular flexibility index (Phi) is 3.84. The summed E-state index contributed by atoms with van der Waals surface area (Å²) < 4.78 is 5.97. The van der Waals surface area contributed by atoms with Crippen molar-refractivity contribution in [2.75, 3.05) is 16.8 Å². The molecular weight excluding hydrogens is 356 g/mol. The van der Waals surface area contributed by atoms with E-state index in [2.05, 4.69) is 21.3 Å². The van der Waals surface area contributed by atoms with E-state index in [4.69, 9.17) is 9.72 Å². The van der Waals surface area contributed by atoms with Crippen molar-refractivity contribution in [1.29, 1.82) is 0 Å². The molecule has 0 unspecified atom stereocenters. The molecule has 1 aliphatic heterocycles. The highest BCUT2D eigenvalue weighted by Gasteiger charge is 2.52. The van der Waals surface area contributed by atoms with Gasteiger partial charge in [0.2, 0.25) is 11.8 Å². The average molecular weight is 380 g/mol. The standard InChI is InChI=1S/C21H24N4O3/c1-12-5-19(24-20(6-12)28-15-7-14(27)8-15)25-11-21(3-4-21)16-10-22-18(9-17(16)25)23-13(2)26/h5-6,9-10,14-15,27H,3-4,7-8,11H2,1-2H3,(H,22,23,26). The van der Waals surface area contributed by atoms with Crippen molar-refractivity contribution in [1.82, 2.24) is 9.97 Å². The lowest BCUT2D eigenvalue weighted by molar-refractivity contribution is -0.114. The fourth-order valence-corrected chi connectivity index (χ4v) is 4.20. The number of hydrogen-bond acceptors (Lipinski definition) is 6. The van der Waals surface area contributed by atoms with Gasteiger partial charge in [-0.2, -0.15) is 4.98 Å². The normalized spacial score (nSPS) is 23.9. The van der Waals surface area contributed by atoms with E-state index in [0.29, 0.717) is 24.5 Å². The molecule has 3 aliphatic rings. The molecular formula is C21H24N4O3. The van der Waals surface area contributed by atoms with Crippen LogP contribution in [0.1, 0.15) is 43.7 Å². The number of fused-ring (bicyclic) bond motifs is 2. The monoisotopic (exact) mass is 380 g/mol. The van der Waals surface area contributed by atoms with Gasteiger partial charge in [-0.3, -0.25) is 4.79 Å². The summed E-state index contributed by atoms with van der Waals surface area (Å²) in [6.45, 7) is 4.39. The van der Waals surface area contributed by atoms with Crippen LogP contribution in [0.5, 0.6) is 5.88 Å². The molecule has 2 aliphatic carbocycles. The Morgan fingerprint density at radius 2 is 2.11 bits per heavy atom. The van der Waals surface area contributed by atoms with Gasteiger partial charge in [0.25, 0.3) is 0 Å². The van der Waals surface area contributed by atoms with Gasteiger partial charge in [-0.25, -0.2) is 4.98 Å². The number of anilines is 3. The number of nitrogens with one attached hydrogen (secondary N) is 1. The van der Waals surface area contributed by atoms with Crippen molar-refractivity contribution in [2.45, 2.75) is 57.2 Å². The van der Waals surface area contributed by atoms with Crippen molar-refractivity contribution in [3.8, 4) is 5.88 Å². The van der Waals surface area contributed by atoms with Crippen LogP contribution in [0, 0.1) is 6.92 Å². The summed E-state index contributed by atoms with van der Waals surface area (Å²) >= 11 is 0. The van der Waals surface area contributed by atoms with Crippen LogP contribution < -0.4 is 15.0 Å². The first-order valence-corrected chi connectivity index (χ1v) is 9.81. The largest absolute Gasteiger partial charge is 0.474 e. The maximum atomic E-state index is 11.4. The first-order chi connectivity index (χ1) is 13.4. The maximum absolute atomic E-state index is 11.4. The lowest BCUT2D eigenvalue weighted by Crippen LogP contribution is -2.37. The molecule has 1 spiro atoms. The molecule has 146 valence electrons. The van der Waals surface area contributed by atoms with Crippen LogP contribution in [0.4, 0.5) is 17.3 Å². The number of hydrogen-bond donors (Lipinski definition) is 2. The molecule has 5 rings (SSSR count). The number of carbonyl (C=O) groups is 1. The quantitative estimate of drug-likeness (QED) is 0.848. The topological polar surface area (TPSA) is 87.6 Å². The molecule has 2 aromatic heterocycles. The number of carbonyl (C=O) groups excluding carboxylic acids is 1. The van der Waals surface area contributed by atoms with Gasteiger partial charge < -0.3 is 20.1 Å². The highest BCUT2D eigenvalue weighted by Crippen LogP contribution is 2.58. The SMILES string of the molecule is CC(=O)Nc1cc2c(cn1)C1(CC1)CN2c1cc(C)cc(OC2CC(O)C2)n1. The second-order valence-corrected chi connectivity index (χ2v) is 8.34. The summed E-state index contributed by atoms with van der Waals surface area (Å²) in [5.74, 6) is 1.87. The molecule has 2 fully saturated rings. The minimum absolute atomic E-state index is 0.0355. The van der Waals surface area contributed by atoms with Crippen LogP contribution in [0.15, 0.2) is 24.4 Å². The van der Waals surface area contributed by atoms with Crippen LogP contribution >= 0.6 is 0 Å². The number of amides is 1. The number of aromatic nitrogens is 2. The van der Waals surface area contributed by atoms with Crippen LogP contribution in [-0.4, -0.2) is 39.7 Å². The number of aliphatic hydroxyl groups is 1. The average Bonchev–Trinajstić information content (AvgIpc) is 3.30. The summed E-state index contributed by atoms with van der Waals surface area (Å²) in [7, 11) is 0. The van der Waals surface area contributed by atoms with Gasteiger partial charge in [0.15, 0.2) is 0 Å². The second kappa shape index (κ2) is 6.17. The van der Waals surface area contributed by atoms with Crippen LogP contribution in [0.3, 0.4) is 0 Å². The van der Waals surface area contributed by atoms with E-state index in [1.54, 1.807) is 0 Å². The highest BCUT2D eigenvalue weighted by molar-refractivity contribution is 5.89. The zero-order valence-corrected chi connectivity index (χ0v) is 16.1. The Labute approximate surface area is 163 Å². The van der Waals surface area contributed by atoms with Gasteiger partial charge in [-0.15, -0.1) is 0 Å². The molecule has 28 heavy (non-hydrogen) atoms. The molecule has 7 nitrogen and oxygen atoms in total. The van der Waals surface area contributed by atoms with E-state index in [0.717, 1.165) is 36.5 Å². The minimum Gasteiger partial charge on any atom is -0.474 e. The predicted octanol–water partition coefficient (Wildman–Crippen LogP) is 2.83. The van der Waals surface area contributed by atoms with E-state index in [-0.39, 0.29) is 23.5 Å². The van der Waals surface area contributed by atoms with E-state index in [1.165, 1.54) is 12.5 Å². The van der Waals surface area contributed by atoms with Crippen molar-refractivity contribution < 1.29 is 14.6 Å². The van der Waals surface area contributed by atoms with E-state index < -0.39 is 0 Å². The van der Waals surface area contributed by atoms with Gasteiger partial charge in [0.05, 0.1) is 11.8 Å². The summed E-state index contributed by atoms with van der Waals surface area (Å²) in [4.78, 5) is 22.8. The zero-order valence-electron chi connectivity index (χ0n) is 16.1. The lowest BCUT2D eigenvalue weighted by atomic mass is 9.92. The summed E-state index contributed by atoms with van der Waals surface area (Å²) in [6.07, 6.45) is 5.29. The Hall–Kier alpha value is -2.67. The Morgan fingerprint density at radius 3 is 2.79 bits per heavy atom. The lowest BCUT2D eigenvalue weighted by Gasteiger charge is -2.31. The predicted molar refractivity (Wildman–Crippen MR) is 105 cm³/mol. The van der Waals surface area contributed by atoms with Crippen molar-refractivity contribution in [3.05, 3.63) is 35.5 Å². The minimum atomic E-state index is -0.255. The van der Waals surface area contributed by atoms with Gasteiger partial charge in [-0.1, -0.05) is 0 Å². The van der Waals surface area contributed by atoms with Gasteiger partial charge in [0.1, 0.15) is 17.7 Å². The summed E-state index contributed by atoms with van der Waals surface area (Å²) in [5, 5.41) is 12.3. The third-order valence-electron chi connectivity index (χ3n) is 5.93. The number of rotatable bonds is 4. The number of ether oxygens (including phenoxy) is 1. The third kappa shape index (κ3) is 2.99. The maximum Gasteiger partial charge on any atom is 0.222 e. The number of pyridine rings is 2. The number of aryl methyl sites for hydroxylation is 1. The van der Waals surface area contributed by atoms with Crippen molar-refractivity contribution >= 4 is 23.2 Å². The molecule has 1 amide bonds. The van der Waals surface area contributed by atoms with Crippen molar-refractivity contribution in [2.24, 2.45) is 0 Å². The van der Waals surface area contributed by atoms with E-state index in [9.17, 15) is 9.90 Å². The van der Waals surface area contributed by atoms with Gasteiger partial charge in [-0.05, 0) is 31.4 Å². The third-order valence-corrected chi connectivity index (χ3v) is 5.93. The zero-order chi connectivity index (χ0) is 19.5. The molecule has 0 atom stereocenters. The fraction of sp³-hybridized carbons (Fsp3) is 0.476. The molecule has 2 N–H and O–H groups in total. The van der Waals surface area contributed by atoms with Crippen LogP contribution in [-0.2, 0) is 10.2 Å². The highest BCUT2D eigenvalue weighted by atomic mass is 16.5. The number of nitrogens with zero attached hydrogens (tertiary/aromatic N) is 3. The summed E-state index contributed by atoms with van der Waals surface area (Å²) in [6, 6.07) is 5.94. The summed E-state index contributed by atoms with van der Waals surface area (Å²) in [5.41, 5.74) is 3.52. The molecule has 2 aromatic rings. The van der Waals surface area contributed by atoms with E-state index in [1.807, 2.05) is 25.3 Å². The molecule has 0 radical (unpaired) electrons. The second-order valence-electron chi connectivity index (χ2n) is 8.34. The number of aliphatic hydroxyl groups excluding tert-OH is 1. The molecule has 2 saturated carbocycles. The van der Waals surface area contributed by atoms with Crippen molar-refractivity contribution in [3.63, 3.8) is 0 Å². The Bertz CT molecular complexity index is 951. The first kappa shape index (κ1) is 17.4. The van der Waals surface area contributed by atoms with E-state index >= 15 is 0 Å². The first-order valence-electron chi connectivity index (χ1n) is 9.81. The fourth-order valence-electron chi connectivity index (χ4n) is 4.20. The Balaban J connectivity index is 1.48. The Morgan fingerprint density at radius 1 is 1.32 bits per heavy atom. The molecule has 7 heteroatoms. The smallest absolute Gasteiger partial charge is 0.222 e. The molecule has 3 heterocycles. The molecule has 0 bridgehead atoms.